The Kier molecular flexibility index (Phi) is 7.41. The normalized spacial score (nSPS) is 10.9. The zero-order valence-electron chi connectivity index (χ0n) is 18.6. The molecule has 4 aromatic rings. The fourth-order valence-corrected chi connectivity index (χ4v) is 3.46. The van der Waals surface area contributed by atoms with Crippen LogP contribution in [0.25, 0.3) is 0 Å². The summed E-state index contributed by atoms with van der Waals surface area (Å²) in [4.78, 5) is 18.7. The Morgan fingerprint density at radius 3 is 2.31 bits per heavy atom. The lowest BCUT2D eigenvalue weighted by Crippen LogP contribution is -2.17. The van der Waals surface area contributed by atoms with Gasteiger partial charge in [-0.1, -0.05) is 23.7 Å². The molecule has 5 nitrogen and oxygen atoms in total. The van der Waals surface area contributed by atoms with Gasteiger partial charge in [-0.25, -0.2) is 18.2 Å². The maximum Gasteiger partial charge on any atom is 0.296 e. The predicted octanol–water partition coefficient (Wildman–Crippen LogP) is 6.15. The van der Waals surface area contributed by atoms with Gasteiger partial charge in [0.15, 0.2) is 0 Å². The van der Waals surface area contributed by atoms with E-state index >= 15 is 0 Å². The third-order valence-corrected chi connectivity index (χ3v) is 5.66. The van der Waals surface area contributed by atoms with Crippen molar-refractivity contribution in [1.82, 2.24) is 9.97 Å². The predicted molar refractivity (Wildman–Crippen MR) is 126 cm³/mol. The van der Waals surface area contributed by atoms with Gasteiger partial charge >= 0.3 is 0 Å². The van der Waals surface area contributed by atoms with Crippen LogP contribution in [0.4, 0.5) is 13.2 Å². The second kappa shape index (κ2) is 10.7. The molecule has 1 heterocycles. The summed E-state index contributed by atoms with van der Waals surface area (Å²) in [6, 6.07) is 14.0. The number of aryl methyl sites for hydroxylation is 1. The van der Waals surface area contributed by atoms with Gasteiger partial charge in [0.2, 0.25) is 0 Å². The molecule has 0 aliphatic rings. The summed E-state index contributed by atoms with van der Waals surface area (Å²) in [7, 11) is 0. The average Bonchev–Trinajstić information content (AvgIpc) is 2.81. The summed E-state index contributed by atoms with van der Waals surface area (Å²) in [5.74, 6) is -1.81. The Bertz CT molecular complexity index is 1390. The maximum atomic E-state index is 13.9. The Labute approximate surface area is 204 Å². The quantitative estimate of drug-likeness (QED) is 0.315. The molecule has 0 bridgehead atoms. The number of benzene rings is 3. The first-order valence-corrected chi connectivity index (χ1v) is 11.0. The zero-order chi connectivity index (χ0) is 24.9. The lowest BCUT2D eigenvalue weighted by atomic mass is 10.1. The molecule has 9 heteroatoms. The van der Waals surface area contributed by atoms with Gasteiger partial charge in [-0.2, -0.15) is 0 Å². The molecule has 0 aliphatic heterocycles. The minimum absolute atomic E-state index is 0.0168. The zero-order valence-corrected chi connectivity index (χ0v) is 19.3. The summed E-state index contributed by atoms with van der Waals surface area (Å²) in [6.07, 6.45) is 1.35. The lowest BCUT2D eigenvalue weighted by molar-refractivity contribution is 0.295. The molecule has 0 saturated carbocycles. The standard InChI is InChI=1S/C26H20ClF3N2O3/c1-15-10-20(6-7-22(15)27)35-19-4-2-16(3-5-19)8-9-34-26-31-14-17(25(33)32-26)11-21-23(29)12-18(28)13-24(21)30/h2-7,10,12-14H,8-9,11H2,1H3,(H,31,32,33). The fraction of sp³-hybridized carbons (Fsp3) is 0.154. The van der Waals surface area contributed by atoms with E-state index in [1.165, 1.54) is 6.20 Å². The molecule has 35 heavy (non-hydrogen) atoms. The van der Waals surface area contributed by atoms with E-state index in [-0.39, 0.29) is 24.6 Å². The Morgan fingerprint density at radius 1 is 0.971 bits per heavy atom. The third kappa shape index (κ3) is 6.22. The van der Waals surface area contributed by atoms with E-state index in [1.807, 2.05) is 37.3 Å². The van der Waals surface area contributed by atoms with E-state index in [9.17, 15) is 18.0 Å². The van der Waals surface area contributed by atoms with Gasteiger partial charge in [0.1, 0.15) is 29.0 Å². The Hall–Kier alpha value is -3.78. The van der Waals surface area contributed by atoms with Crippen molar-refractivity contribution >= 4 is 11.6 Å². The number of hydrogen-bond acceptors (Lipinski definition) is 4. The SMILES string of the molecule is Cc1cc(Oc2ccc(CCOc3ncc(Cc4c(F)cc(F)cc4F)c(=O)[nH]3)cc2)ccc1Cl. The van der Waals surface area contributed by atoms with E-state index in [0.717, 1.165) is 11.1 Å². The fourth-order valence-electron chi connectivity index (χ4n) is 3.34. The third-order valence-electron chi connectivity index (χ3n) is 5.24. The van der Waals surface area contributed by atoms with Crippen LogP contribution in [0.5, 0.6) is 17.5 Å². The van der Waals surface area contributed by atoms with E-state index in [1.54, 1.807) is 12.1 Å². The van der Waals surface area contributed by atoms with Crippen molar-refractivity contribution in [2.45, 2.75) is 19.8 Å². The number of aromatic amines is 1. The Balaban J connectivity index is 1.32. The second-order valence-electron chi connectivity index (χ2n) is 7.82. The van der Waals surface area contributed by atoms with Crippen molar-refractivity contribution in [2.75, 3.05) is 6.61 Å². The number of halogens is 4. The van der Waals surface area contributed by atoms with Crippen molar-refractivity contribution in [3.63, 3.8) is 0 Å². The number of H-pyrrole nitrogens is 1. The van der Waals surface area contributed by atoms with Gasteiger partial charge in [0.25, 0.3) is 11.6 Å². The summed E-state index contributed by atoms with van der Waals surface area (Å²) in [5.41, 5.74) is 0.912. The van der Waals surface area contributed by atoms with Crippen molar-refractivity contribution in [3.05, 3.63) is 116 Å². The molecule has 0 amide bonds. The first-order chi connectivity index (χ1) is 16.8. The molecule has 3 aromatic carbocycles. The number of nitrogens with one attached hydrogen (secondary N) is 1. The summed E-state index contributed by atoms with van der Waals surface area (Å²) >= 11 is 6.03. The van der Waals surface area contributed by atoms with E-state index in [0.29, 0.717) is 35.1 Å². The molecule has 0 unspecified atom stereocenters. The van der Waals surface area contributed by atoms with Crippen molar-refractivity contribution in [1.29, 1.82) is 0 Å². The van der Waals surface area contributed by atoms with Gasteiger partial charge in [-0.05, 0) is 48.4 Å². The van der Waals surface area contributed by atoms with Gasteiger partial charge in [-0.3, -0.25) is 9.78 Å². The molecule has 0 spiro atoms. The van der Waals surface area contributed by atoms with Crippen LogP contribution in [0.3, 0.4) is 0 Å². The number of rotatable bonds is 8. The first kappa shape index (κ1) is 24.3. The van der Waals surface area contributed by atoms with Crippen LogP contribution < -0.4 is 15.0 Å². The molecular formula is C26H20ClF3N2O3. The molecule has 0 fully saturated rings. The Morgan fingerprint density at radius 2 is 1.66 bits per heavy atom. The highest BCUT2D eigenvalue weighted by Crippen LogP contribution is 2.26. The van der Waals surface area contributed by atoms with Crippen LogP contribution in [0.2, 0.25) is 5.02 Å². The lowest BCUT2D eigenvalue weighted by Gasteiger charge is -2.09. The first-order valence-electron chi connectivity index (χ1n) is 10.7. The molecule has 1 N–H and O–H groups in total. The maximum absolute atomic E-state index is 13.9. The highest BCUT2D eigenvalue weighted by Gasteiger charge is 2.14. The van der Waals surface area contributed by atoms with Crippen LogP contribution in [0.15, 0.2) is 65.6 Å². The molecule has 0 radical (unpaired) electrons. The smallest absolute Gasteiger partial charge is 0.296 e. The van der Waals surface area contributed by atoms with Gasteiger partial charge in [0.05, 0.1) is 6.61 Å². The minimum atomic E-state index is -1.07. The highest BCUT2D eigenvalue weighted by atomic mass is 35.5. The van der Waals surface area contributed by atoms with E-state index in [4.69, 9.17) is 21.1 Å². The average molecular weight is 501 g/mol. The summed E-state index contributed by atoms with van der Waals surface area (Å²) in [6.45, 7) is 2.14. The monoisotopic (exact) mass is 500 g/mol. The van der Waals surface area contributed by atoms with Crippen LogP contribution in [-0.4, -0.2) is 16.6 Å². The molecule has 0 aliphatic carbocycles. The number of hydrogen-bond donors (Lipinski definition) is 1. The van der Waals surface area contributed by atoms with Crippen molar-refractivity contribution in [2.24, 2.45) is 0 Å². The van der Waals surface area contributed by atoms with Crippen LogP contribution in [-0.2, 0) is 12.8 Å². The van der Waals surface area contributed by atoms with E-state index in [2.05, 4.69) is 9.97 Å². The van der Waals surface area contributed by atoms with Crippen LogP contribution in [0.1, 0.15) is 22.3 Å². The summed E-state index contributed by atoms with van der Waals surface area (Å²) in [5, 5.41) is 0.675. The van der Waals surface area contributed by atoms with Crippen molar-refractivity contribution in [3.8, 4) is 17.5 Å². The number of aromatic nitrogens is 2. The second-order valence-corrected chi connectivity index (χ2v) is 8.23. The minimum Gasteiger partial charge on any atom is -0.464 e. The largest absolute Gasteiger partial charge is 0.464 e. The number of ether oxygens (including phenoxy) is 2. The summed E-state index contributed by atoms with van der Waals surface area (Å²) < 4.78 is 52.1. The number of nitrogens with zero attached hydrogens (tertiary/aromatic N) is 1. The van der Waals surface area contributed by atoms with Gasteiger partial charge in [-0.15, -0.1) is 0 Å². The molecule has 180 valence electrons. The van der Waals surface area contributed by atoms with Crippen LogP contribution >= 0.6 is 11.6 Å². The van der Waals surface area contributed by atoms with Gasteiger partial charge in [0, 0.05) is 47.3 Å². The molecule has 0 atom stereocenters. The van der Waals surface area contributed by atoms with Crippen LogP contribution in [0, 0.1) is 24.4 Å². The highest BCUT2D eigenvalue weighted by molar-refractivity contribution is 6.31. The molecule has 1 aromatic heterocycles. The molecule has 0 saturated heterocycles. The molecule has 4 rings (SSSR count). The topological polar surface area (TPSA) is 64.2 Å². The van der Waals surface area contributed by atoms with Gasteiger partial charge < -0.3 is 9.47 Å². The molecular weight excluding hydrogens is 481 g/mol. The van der Waals surface area contributed by atoms with Crippen molar-refractivity contribution < 1.29 is 22.6 Å². The van der Waals surface area contributed by atoms with E-state index < -0.39 is 28.6 Å².